The maximum absolute atomic E-state index is 6.25. The minimum absolute atomic E-state index is 0. The van der Waals surface area contributed by atoms with E-state index >= 15 is 0 Å². The lowest BCUT2D eigenvalue weighted by atomic mass is 9.79. The number of benzene rings is 1. The third-order valence-corrected chi connectivity index (χ3v) is 6.02. The highest BCUT2D eigenvalue weighted by molar-refractivity contribution is 14.0. The van der Waals surface area contributed by atoms with Crippen molar-refractivity contribution in [2.75, 3.05) is 39.2 Å². The summed E-state index contributed by atoms with van der Waals surface area (Å²) in [5, 5.41) is 3.20. The van der Waals surface area contributed by atoms with Crippen LogP contribution in [0.3, 0.4) is 0 Å². The molecule has 3 rings (SSSR count). The number of methoxy groups -OCH3 is 2. The van der Waals surface area contributed by atoms with E-state index in [1.54, 1.807) is 14.2 Å². The Labute approximate surface area is 186 Å². The number of hydrogen-bond donors (Lipinski definition) is 2. The fourth-order valence-electron chi connectivity index (χ4n) is 4.47. The number of anilines is 1. The van der Waals surface area contributed by atoms with Crippen molar-refractivity contribution >= 4 is 35.6 Å². The van der Waals surface area contributed by atoms with E-state index in [-0.39, 0.29) is 29.5 Å². The van der Waals surface area contributed by atoms with Gasteiger partial charge in [-0.15, -0.1) is 24.0 Å². The number of piperidine rings is 1. The SMILES string of the molecule is COc1ccc(OC)c(NC(N)=NCC2(N3CCCCC3)CCCCC2)c1.I. The molecule has 3 N–H and O–H groups in total. The number of rotatable bonds is 6. The second-order valence-electron chi connectivity index (χ2n) is 7.73. The monoisotopic (exact) mass is 502 g/mol. The van der Waals surface area contributed by atoms with E-state index in [4.69, 9.17) is 20.2 Å². The van der Waals surface area contributed by atoms with Crippen molar-refractivity contribution in [1.82, 2.24) is 4.90 Å². The maximum Gasteiger partial charge on any atom is 0.193 e. The largest absolute Gasteiger partial charge is 0.497 e. The molecule has 7 heteroatoms. The quantitative estimate of drug-likeness (QED) is 0.346. The summed E-state index contributed by atoms with van der Waals surface area (Å²) < 4.78 is 10.7. The molecule has 1 saturated carbocycles. The summed E-state index contributed by atoms with van der Waals surface area (Å²) in [6, 6.07) is 5.61. The number of hydrogen-bond acceptors (Lipinski definition) is 4. The summed E-state index contributed by atoms with van der Waals surface area (Å²) in [6.07, 6.45) is 10.4. The Kier molecular flexibility index (Phi) is 9.14. The van der Waals surface area contributed by atoms with Gasteiger partial charge in [-0.1, -0.05) is 25.7 Å². The highest BCUT2D eigenvalue weighted by Gasteiger charge is 2.38. The minimum atomic E-state index is 0. The van der Waals surface area contributed by atoms with Crippen molar-refractivity contribution in [3.05, 3.63) is 18.2 Å². The topological polar surface area (TPSA) is 72.1 Å². The van der Waals surface area contributed by atoms with Gasteiger partial charge in [0.1, 0.15) is 11.5 Å². The molecule has 1 aromatic rings. The molecular weight excluding hydrogens is 467 g/mol. The van der Waals surface area contributed by atoms with Crippen LogP contribution in [-0.2, 0) is 0 Å². The summed E-state index contributed by atoms with van der Waals surface area (Å²) in [4.78, 5) is 7.46. The molecule has 1 aromatic carbocycles. The molecule has 0 radical (unpaired) electrons. The molecule has 0 bridgehead atoms. The highest BCUT2D eigenvalue weighted by atomic mass is 127. The Morgan fingerprint density at radius 3 is 2.39 bits per heavy atom. The first-order valence-electron chi connectivity index (χ1n) is 10.2. The standard InChI is InChI=1S/C21H34N4O2.HI/c1-26-17-9-10-19(27-2)18(15-17)24-20(22)23-16-21(11-5-3-6-12-21)25-13-7-4-8-14-25;/h9-10,15H,3-8,11-14,16H2,1-2H3,(H3,22,23,24);1H. The lowest BCUT2D eigenvalue weighted by Gasteiger charge is -2.47. The number of nitrogens with one attached hydrogen (secondary N) is 1. The second kappa shape index (κ2) is 11.1. The van der Waals surface area contributed by atoms with Crippen LogP contribution in [0.15, 0.2) is 23.2 Å². The molecule has 0 atom stereocenters. The van der Waals surface area contributed by atoms with Crippen LogP contribution < -0.4 is 20.5 Å². The summed E-state index contributed by atoms with van der Waals surface area (Å²) in [7, 11) is 3.29. The third-order valence-electron chi connectivity index (χ3n) is 6.02. The summed E-state index contributed by atoms with van der Waals surface area (Å²) in [5.41, 5.74) is 7.21. The van der Waals surface area contributed by atoms with Gasteiger partial charge in [0.05, 0.1) is 26.5 Å². The molecule has 28 heavy (non-hydrogen) atoms. The molecular formula is C21H35IN4O2. The molecule has 0 amide bonds. The number of nitrogens with two attached hydrogens (primary N) is 1. The van der Waals surface area contributed by atoms with Crippen molar-refractivity contribution < 1.29 is 9.47 Å². The van der Waals surface area contributed by atoms with Crippen LogP contribution in [0, 0.1) is 0 Å². The van der Waals surface area contributed by atoms with Gasteiger partial charge in [0.25, 0.3) is 0 Å². The molecule has 1 aliphatic heterocycles. The zero-order chi connectivity index (χ0) is 19.1. The Balaban J connectivity index is 0.00000280. The molecule has 0 aromatic heterocycles. The molecule has 6 nitrogen and oxygen atoms in total. The van der Waals surface area contributed by atoms with Gasteiger partial charge in [-0.05, 0) is 50.9 Å². The van der Waals surface area contributed by atoms with Gasteiger partial charge < -0.3 is 20.5 Å². The van der Waals surface area contributed by atoms with Crippen LogP contribution in [0.4, 0.5) is 5.69 Å². The van der Waals surface area contributed by atoms with Gasteiger partial charge in [-0.3, -0.25) is 9.89 Å². The molecule has 1 saturated heterocycles. The fourth-order valence-corrected chi connectivity index (χ4v) is 4.47. The van der Waals surface area contributed by atoms with Crippen molar-refractivity contribution in [2.45, 2.75) is 56.9 Å². The number of likely N-dealkylation sites (tertiary alicyclic amines) is 1. The Morgan fingerprint density at radius 1 is 1.07 bits per heavy atom. The summed E-state index contributed by atoms with van der Waals surface area (Å²) >= 11 is 0. The highest BCUT2D eigenvalue weighted by Crippen LogP contribution is 2.36. The molecule has 0 spiro atoms. The second-order valence-corrected chi connectivity index (χ2v) is 7.73. The van der Waals surface area contributed by atoms with Crippen molar-refractivity contribution in [1.29, 1.82) is 0 Å². The number of nitrogens with zero attached hydrogens (tertiary/aromatic N) is 2. The molecule has 0 unspecified atom stereocenters. The van der Waals surface area contributed by atoms with E-state index in [0.717, 1.165) is 23.7 Å². The van der Waals surface area contributed by atoms with Gasteiger partial charge in [0.15, 0.2) is 5.96 Å². The zero-order valence-corrected chi connectivity index (χ0v) is 19.5. The Hall–Kier alpha value is -1.22. The normalized spacial score (nSPS) is 20.1. The van der Waals surface area contributed by atoms with Crippen LogP contribution in [-0.4, -0.2) is 50.3 Å². The molecule has 1 heterocycles. The van der Waals surface area contributed by atoms with E-state index < -0.39 is 0 Å². The predicted octanol–water partition coefficient (Wildman–Crippen LogP) is 4.24. The maximum atomic E-state index is 6.25. The number of halogens is 1. The van der Waals surface area contributed by atoms with Gasteiger partial charge in [-0.2, -0.15) is 0 Å². The van der Waals surface area contributed by atoms with Crippen LogP contribution in [0.1, 0.15) is 51.4 Å². The first-order valence-corrected chi connectivity index (χ1v) is 10.2. The number of ether oxygens (including phenoxy) is 2. The number of aliphatic imine (C=N–C) groups is 1. The van der Waals surface area contributed by atoms with E-state index in [1.165, 1.54) is 64.5 Å². The first-order chi connectivity index (χ1) is 13.2. The van der Waals surface area contributed by atoms with Crippen LogP contribution in [0.25, 0.3) is 0 Å². The smallest absolute Gasteiger partial charge is 0.193 e. The third kappa shape index (κ3) is 5.65. The minimum Gasteiger partial charge on any atom is -0.497 e. The fraction of sp³-hybridized carbons (Fsp3) is 0.667. The van der Waals surface area contributed by atoms with Crippen LogP contribution in [0.5, 0.6) is 11.5 Å². The van der Waals surface area contributed by atoms with E-state index in [1.807, 2.05) is 18.2 Å². The average Bonchev–Trinajstić information content (AvgIpc) is 2.73. The van der Waals surface area contributed by atoms with Crippen molar-refractivity contribution in [3.8, 4) is 11.5 Å². The van der Waals surface area contributed by atoms with E-state index in [9.17, 15) is 0 Å². The first kappa shape index (κ1) is 23.1. The van der Waals surface area contributed by atoms with E-state index in [0.29, 0.717) is 5.96 Å². The lowest BCUT2D eigenvalue weighted by molar-refractivity contribution is 0.0408. The van der Waals surface area contributed by atoms with Crippen LogP contribution >= 0.6 is 24.0 Å². The molecule has 158 valence electrons. The van der Waals surface area contributed by atoms with Crippen molar-refractivity contribution in [3.63, 3.8) is 0 Å². The Bertz CT molecular complexity index is 641. The zero-order valence-electron chi connectivity index (χ0n) is 17.2. The van der Waals surface area contributed by atoms with Crippen LogP contribution in [0.2, 0.25) is 0 Å². The van der Waals surface area contributed by atoms with Gasteiger partial charge in [0, 0.05) is 11.6 Å². The lowest BCUT2D eigenvalue weighted by Crippen LogP contribution is -2.54. The average molecular weight is 502 g/mol. The van der Waals surface area contributed by atoms with Gasteiger partial charge in [0.2, 0.25) is 0 Å². The number of guanidine groups is 1. The molecule has 2 fully saturated rings. The van der Waals surface area contributed by atoms with Gasteiger partial charge >= 0.3 is 0 Å². The molecule has 1 aliphatic carbocycles. The van der Waals surface area contributed by atoms with E-state index in [2.05, 4.69) is 10.2 Å². The van der Waals surface area contributed by atoms with Crippen molar-refractivity contribution in [2.24, 2.45) is 10.7 Å². The molecule has 2 aliphatic rings. The summed E-state index contributed by atoms with van der Waals surface area (Å²) in [6.45, 7) is 3.16. The Morgan fingerprint density at radius 2 is 1.75 bits per heavy atom. The van der Waals surface area contributed by atoms with Gasteiger partial charge in [-0.25, -0.2) is 0 Å². The summed E-state index contributed by atoms with van der Waals surface area (Å²) in [5.74, 6) is 1.91. The predicted molar refractivity (Wildman–Crippen MR) is 126 cm³/mol.